The van der Waals surface area contributed by atoms with Crippen molar-refractivity contribution in [2.75, 3.05) is 0 Å². The van der Waals surface area contributed by atoms with Gasteiger partial charge in [-0.15, -0.1) is 0 Å². The lowest BCUT2D eigenvalue weighted by Crippen LogP contribution is -2.48. The Bertz CT molecular complexity index is 1100. The van der Waals surface area contributed by atoms with E-state index in [0.717, 1.165) is 11.1 Å². The summed E-state index contributed by atoms with van der Waals surface area (Å²) in [5.74, 6) is -0.840. The van der Waals surface area contributed by atoms with Crippen LogP contribution in [0.2, 0.25) is 10.0 Å². The zero-order chi connectivity index (χ0) is 24.0. The zero-order valence-corrected chi connectivity index (χ0v) is 20.4. The number of hydrogen-bond acceptors (Lipinski definition) is 3. The number of carbonyl (C=O) groups is 2. The molecule has 3 rings (SSSR count). The lowest BCUT2D eigenvalue weighted by molar-refractivity contribution is -0.160. The second-order valence-electron chi connectivity index (χ2n) is 8.78. The third-order valence-electron chi connectivity index (χ3n) is 4.95. The molecule has 0 aliphatic carbocycles. The molecule has 0 radical (unpaired) electrons. The number of amides is 1. The molecule has 6 heteroatoms. The Hall–Kier alpha value is -2.82. The Morgan fingerprint density at radius 3 is 2.00 bits per heavy atom. The Balaban J connectivity index is 2.06. The van der Waals surface area contributed by atoms with Gasteiger partial charge in [0.25, 0.3) is 5.91 Å². The van der Waals surface area contributed by atoms with E-state index < -0.39 is 17.6 Å². The lowest BCUT2D eigenvalue weighted by Gasteiger charge is -2.33. The van der Waals surface area contributed by atoms with E-state index in [1.807, 2.05) is 81.4 Å². The first-order chi connectivity index (χ1) is 15.6. The van der Waals surface area contributed by atoms with Gasteiger partial charge in [-0.3, -0.25) is 4.79 Å². The van der Waals surface area contributed by atoms with Crippen molar-refractivity contribution in [1.29, 1.82) is 0 Å². The zero-order valence-electron chi connectivity index (χ0n) is 18.9. The van der Waals surface area contributed by atoms with Crippen molar-refractivity contribution in [3.8, 4) is 0 Å². The molecule has 3 aromatic rings. The number of halogens is 2. The van der Waals surface area contributed by atoms with Crippen LogP contribution in [0, 0.1) is 0 Å². The molecule has 3 aromatic carbocycles. The van der Waals surface area contributed by atoms with E-state index in [1.54, 1.807) is 12.1 Å². The lowest BCUT2D eigenvalue weighted by atomic mass is 10.0. The number of nitrogens with zero attached hydrogens (tertiary/aromatic N) is 1. The van der Waals surface area contributed by atoms with Crippen molar-refractivity contribution in [1.82, 2.24) is 4.90 Å². The molecule has 1 atom stereocenters. The fourth-order valence-electron chi connectivity index (χ4n) is 3.45. The second-order valence-corrected chi connectivity index (χ2v) is 9.63. The number of hydrogen-bond donors (Lipinski definition) is 0. The Morgan fingerprint density at radius 2 is 1.45 bits per heavy atom. The summed E-state index contributed by atoms with van der Waals surface area (Å²) in [6.45, 7) is 5.65. The summed E-state index contributed by atoms with van der Waals surface area (Å²) in [7, 11) is 0. The van der Waals surface area contributed by atoms with Crippen LogP contribution in [0.4, 0.5) is 0 Å². The van der Waals surface area contributed by atoms with E-state index in [0.29, 0.717) is 11.4 Å². The van der Waals surface area contributed by atoms with Crippen LogP contribution in [-0.2, 0) is 22.5 Å². The maximum Gasteiger partial charge on any atom is 0.329 e. The normalized spacial score (nSPS) is 12.2. The van der Waals surface area contributed by atoms with Crippen LogP contribution < -0.4 is 0 Å². The Kier molecular flexibility index (Phi) is 8.17. The van der Waals surface area contributed by atoms with E-state index >= 15 is 0 Å². The number of ether oxygens (including phenoxy) is 1. The molecule has 33 heavy (non-hydrogen) atoms. The molecule has 0 bridgehead atoms. The molecular weight excluding hydrogens is 457 g/mol. The monoisotopic (exact) mass is 483 g/mol. The van der Waals surface area contributed by atoms with E-state index in [2.05, 4.69) is 0 Å². The standard InChI is InChI=1S/C27H27Cl2NO3/c1-27(2,3)33-26(32)24(16-19-10-6-4-7-11-19)30(18-20-12-8-5-9-13-20)25(31)22-15-14-21(28)17-23(22)29/h4-15,17,24H,16,18H2,1-3H3/t24-/m0/s1. The molecule has 0 saturated carbocycles. The largest absolute Gasteiger partial charge is 0.458 e. The predicted octanol–water partition coefficient (Wildman–Crippen LogP) is 6.59. The summed E-state index contributed by atoms with van der Waals surface area (Å²) >= 11 is 12.4. The maximum atomic E-state index is 13.8. The molecule has 172 valence electrons. The van der Waals surface area contributed by atoms with E-state index in [1.165, 1.54) is 11.0 Å². The molecule has 0 N–H and O–H groups in total. The summed E-state index contributed by atoms with van der Waals surface area (Å²) in [4.78, 5) is 28.7. The van der Waals surface area contributed by atoms with Gasteiger partial charge in [0.15, 0.2) is 0 Å². The third kappa shape index (κ3) is 7.08. The SMILES string of the molecule is CC(C)(C)OC(=O)[C@H](Cc1ccccc1)N(Cc1ccccc1)C(=O)c1ccc(Cl)cc1Cl. The second kappa shape index (κ2) is 10.9. The molecule has 0 fully saturated rings. The Morgan fingerprint density at radius 1 is 0.879 bits per heavy atom. The summed E-state index contributed by atoms with van der Waals surface area (Å²) < 4.78 is 5.74. The van der Waals surface area contributed by atoms with Gasteiger partial charge in [-0.25, -0.2) is 4.79 Å². The predicted molar refractivity (Wildman–Crippen MR) is 133 cm³/mol. The first-order valence-corrected chi connectivity index (χ1v) is 11.5. The highest BCUT2D eigenvalue weighted by Crippen LogP contribution is 2.26. The minimum Gasteiger partial charge on any atom is -0.458 e. The molecule has 0 spiro atoms. The van der Waals surface area contributed by atoms with Crippen LogP contribution in [0.1, 0.15) is 42.3 Å². The fourth-order valence-corrected chi connectivity index (χ4v) is 3.94. The molecule has 1 amide bonds. The van der Waals surface area contributed by atoms with Crippen molar-refractivity contribution >= 4 is 35.1 Å². The number of rotatable bonds is 7. The average Bonchev–Trinajstić information content (AvgIpc) is 2.76. The highest BCUT2D eigenvalue weighted by atomic mass is 35.5. The number of carbonyl (C=O) groups excluding carboxylic acids is 2. The quantitative estimate of drug-likeness (QED) is 0.356. The molecular formula is C27H27Cl2NO3. The van der Waals surface area contributed by atoms with Crippen molar-refractivity contribution in [3.63, 3.8) is 0 Å². The van der Waals surface area contributed by atoms with Gasteiger partial charge >= 0.3 is 5.97 Å². The smallest absolute Gasteiger partial charge is 0.329 e. The van der Waals surface area contributed by atoms with Gasteiger partial charge in [-0.05, 0) is 50.1 Å². The van der Waals surface area contributed by atoms with E-state index in [4.69, 9.17) is 27.9 Å². The maximum absolute atomic E-state index is 13.8. The van der Waals surface area contributed by atoms with Gasteiger partial charge in [-0.2, -0.15) is 0 Å². The van der Waals surface area contributed by atoms with E-state index in [9.17, 15) is 9.59 Å². The fraction of sp³-hybridized carbons (Fsp3) is 0.259. The first-order valence-electron chi connectivity index (χ1n) is 10.7. The molecule has 0 unspecified atom stereocenters. The molecule has 0 aliphatic rings. The average molecular weight is 484 g/mol. The van der Waals surface area contributed by atoms with Crippen molar-refractivity contribution in [2.45, 2.75) is 45.4 Å². The molecule has 0 aliphatic heterocycles. The minimum atomic E-state index is -0.855. The topological polar surface area (TPSA) is 46.6 Å². The van der Waals surface area contributed by atoms with Crippen LogP contribution >= 0.6 is 23.2 Å². The number of benzene rings is 3. The third-order valence-corrected chi connectivity index (χ3v) is 5.49. The van der Waals surface area contributed by atoms with Crippen LogP contribution in [-0.4, -0.2) is 28.4 Å². The Labute approximate surface area is 205 Å². The highest BCUT2D eigenvalue weighted by molar-refractivity contribution is 6.36. The van der Waals surface area contributed by atoms with Gasteiger partial charge in [-0.1, -0.05) is 83.9 Å². The van der Waals surface area contributed by atoms with E-state index in [-0.39, 0.29) is 23.0 Å². The first kappa shape index (κ1) is 24.8. The highest BCUT2D eigenvalue weighted by Gasteiger charge is 2.35. The van der Waals surface area contributed by atoms with Gasteiger partial charge in [0.2, 0.25) is 0 Å². The van der Waals surface area contributed by atoms with Crippen LogP contribution in [0.5, 0.6) is 0 Å². The van der Waals surface area contributed by atoms with Gasteiger partial charge in [0.05, 0.1) is 10.6 Å². The minimum absolute atomic E-state index is 0.218. The van der Waals surface area contributed by atoms with Crippen LogP contribution in [0.15, 0.2) is 78.9 Å². The van der Waals surface area contributed by atoms with Gasteiger partial charge in [0.1, 0.15) is 11.6 Å². The van der Waals surface area contributed by atoms with Crippen LogP contribution in [0.3, 0.4) is 0 Å². The molecule has 4 nitrogen and oxygen atoms in total. The van der Waals surface area contributed by atoms with Crippen molar-refractivity contribution < 1.29 is 14.3 Å². The van der Waals surface area contributed by atoms with Crippen molar-refractivity contribution in [2.24, 2.45) is 0 Å². The van der Waals surface area contributed by atoms with Crippen LogP contribution in [0.25, 0.3) is 0 Å². The summed E-state index contributed by atoms with van der Waals surface area (Å²) in [6.07, 6.45) is 0.305. The summed E-state index contributed by atoms with van der Waals surface area (Å²) in [5, 5.41) is 0.660. The van der Waals surface area contributed by atoms with Gasteiger partial charge in [0, 0.05) is 18.0 Å². The molecule has 0 heterocycles. The van der Waals surface area contributed by atoms with Crippen molar-refractivity contribution in [3.05, 3.63) is 106 Å². The molecule has 0 saturated heterocycles. The summed E-state index contributed by atoms with van der Waals surface area (Å²) in [6, 6.07) is 23.0. The number of esters is 1. The van der Waals surface area contributed by atoms with Gasteiger partial charge < -0.3 is 9.64 Å². The molecule has 0 aromatic heterocycles. The summed E-state index contributed by atoms with van der Waals surface area (Å²) in [5.41, 5.74) is 1.38.